The first kappa shape index (κ1) is 87.7. The molecule has 1 unspecified atom stereocenters. The van der Waals surface area contributed by atoms with Crippen LogP contribution < -0.4 is 50.7 Å². The highest BCUT2D eigenvalue weighted by Gasteiger charge is 2.57. The highest BCUT2D eigenvalue weighted by molar-refractivity contribution is 7.10. The molecule has 0 spiro atoms. The van der Waals surface area contributed by atoms with E-state index in [4.69, 9.17) is 72.8 Å². The van der Waals surface area contributed by atoms with Crippen LogP contribution in [0, 0.1) is 11.8 Å². The summed E-state index contributed by atoms with van der Waals surface area (Å²) in [5.74, 6) is -6.12. The number of aromatic hydroxyl groups is 5. The molecule has 16 atom stereocenters. The van der Waals surface area contributed by atoms with Crippen molar-refractivity contribution < 1.29 is 142 Å². The topological polar surface area (TPSA) is 510 Å². The Bertz CT molecular complexity index is 4850. The molecule has 1 aromatic heterocycles. The van der Waals surface area contributed by atoms with Crippen LogP contribution >= 0.6 is 36.2 Å². The van der Waals surface area contributed by atoms with Gasteiger partial charge in [0.05, 0.1) is 122 Å². The average Bonchev–Trinajstić information content (AvgIpc) is 0.939. The predicted molar refractivity (Wildman–Crippen MR) is 421 cm³/mol. The number of anilines is 2. The molecule has 6 aromatic carbocycles. The number of carbonyl (C=O) groups is 6. The lowest BCUT2D eigenvalue weighted by molar-refractivity contribution is -0.368. The third-order valence-electron chi connectivity index (χ3n) is 22.3. The van der Waals surface area contributed by atoms with E-state index in [0.29, 0.717) is 78.8 Å². The third kappa shape index (κ3) is 16.3. The minimum atomic E-state index is -2.00. The first-order chi connectivity index (χ1) is 55.8. The van der Waals surface area contributed by atoms with Gasteiger partial charge in [0.2, 0.25) is 29.9 Å². The maximum Gasteiger partial charge on any atom is 0.310 e. The van der Waals surface area contributed by atoms with Crippen LogP contribution in [0.3, 0.4) is 0 Å². The molecule has 37 heteroatoms. The number of Topliss-reactive ketones (excluding diaryl/α,β-unsaturated/α-hetero) is 1. The van der Waals surface area contributed by atoms with Gasteiger partial charge >= 0.3 is 5.97 Å². The van der Waals surface area contributed by atoms with Crippen molar-refractivity contribution >= 4 is 82.4 Å². The quantitative estimate of drug-likeness (QED) is 0.0252. The molecule has 0 bridgehead atoms. The lowest BCUT2D eigenvalue weighted by atomic mass is 9.66. The molecule has 118 heavy (non-hydrogen) atoms. The number of aliphatic hydroxyl groups excluding tert-OH is 5. The number of phenols is 5. The molecule has 6 heterocycles. The van der Waals surface area contributed by atoms with Crippen LogP contribution in [0.1, 0.15) is 147 Å². The van der Waals surface area contributed by atoms with Crippen LogP contribution in [-0.4, -0.2) is 246 Å². The molecular formula is C81H91Cl2N5O29S. The van der Waals surface area contributed by atoms with Crippen molar-refractivity contribution in [1.82, 2.24) is 10.6 Å². The minimum Gasteiger partial charge on any atom is -0.507 e. The van der Waals surface area contributed by atoms with Crippen LogP contribution in [0.15, 0.2) is 84.2 Å². The first-order valence-electron chi connectivity index (χ1n) is 37.6. The second-order valence-corrected chi connectivity index (χ2v) is 30.1. The molecule has 0 amide bonds. The van der Waals surface area contributed by atoms with Gasteiger partial charge in [-0.3, -0.25) is 28.8 Å². The van der Waals surface area contributed by atoms with Gasteiger partial charge in [0.25, 0.3) is 0 Å². The first-order valence-corrected chi connectivity index (χ1v) is 38.4. The standard InChI is InChI=1S/C32H32O13S.C27H29NO10.C22H28N4O6.2ClH/c1-37-19-6-13(7-20(38-2)25(19)33)23-14-8-17-18(42-12-41-17)9-15(14)28(16-10-39-30(36)24(16)23)44-32-27(35)26(34)29-21(43-32)11-40-31(45-29)22-4-3-5-46-22;1-10-22(30)14(28)7-17(37-10)38-16-9-27(35,11(2)29)8-13-19(16)26(34)21-20(24(13)32)23(31)12-5-4-6-15(36-3)18(12)25(21)33;27-11-9-23-5-7-25-13-1-2-14(26-8-6-24-10-12-28)18-17(13)21(31)19-15(29)3-4-16(30)20(19)22(18)32;;/h3-9,16,21,23-24,26-29,31-35H,10-12H2,1-2H3;4-6,10,14,16-17,22,30,32,34-35H,7-9,28H2,1-3H3;1-4,23-30H,5-12H2;2*1H/t16-,21+,23+,24-,26+,27+,28+,29+,31?,32-;10-,14-,16-,17-,22+,27-;;;/m00.../s1. The molecule has 34 nitrogen and oxygen atoms in total. The largest absolute Gasteiger partial charge is 0.507 e. The monoisotopic (exact) mass is 1700 g/mol. The summed E-state index contributed by atoms with van der Waals surface area (Å²) in [5, 5.41) is 130. The normalized spacial score (nSPS) is 26.5. The Morgan fingerprint density at radius 2 is 1.23 bits per heavy atom. The summed E-state index contributed by atoms with van der Waals surface area (Å²) in [5.41, 5.74) is 5.65. The van der Waals surface area contributed by atoms with Gasteiger partial charge in [-0.1, -0.05) is 18.2 Å². The van der Waals surface area contributed by atoms with Crippen molar-refractivity contribution in [1.29, 1.82) is 0 Å². The zero-order valence-corrected chi connectivity index (χ0v) is 66.7. The van der Waals surface area contributed by atoms with E-state index in [2.05, 4.69) is 21.3 Å². The lowest BCUT2D eigenvalue weighted by Crippen LogP contribution is -2.62. The number of cyclic esters (lactones) is 1. The third-order valence-corrected chi connectivity index (χ3v) is 23.1. The Morgan fingerprint density at radius 1 is 0.627 bits per heavy atom. The number of ether oxygens (including phenoxy) is 12. The summed E-state index contributed by atoms with van der Waals surface area (Å²) < 4.78 is 69.6. The fourth-order valence-corrected chi connectivity index (χ4v) is 17.2. The average molecular weight is 1700 g/mol. The zero-order valence-electron chi connectivity index (χ0n) is 64.2. The van der Waals surface area contributed by atoms with E-state index in [-0.39, 0.29) is 150 Å². The number of aliphatic hydroxyl groups is 6. The van der Waals surface area contributed by atoms with E-state index >= 15 is 0 Å². The molecule has 634 valence electrons. The molecule has 4 aliphatic carbocycles. The van der Waals surface area contributed by atoms with Gasteiger partial charge in [-0.2, -0.15) is 0 Å². The second kappa shape index (κ2) is 36.6. The number of rotatable bonds is 22. The van der Waals surface area contributed by atoms with Crippen LogP contribution in [0.25, 0.3) is 0 Å². The summed E-state index contributed by atoms with van der Waals surface area (Å²) in [4.78, 5) is 80.7. The van der Waals surface area contributed by atoms with E-state index in [9.17, 15) is 74.7 Å². The number of fused-ring (bicyclic) bond motifs is 9. The van der Waals surface area contributed by atoms with Gasteiger partial charge in [0.1, 0.15) is 58.8 Å². The molecule has 5 aliphatic heterocycles. The van der Waals surface area contributed by atoms with Gasteiger partial charge in [-0.25, -0.2) is 0 Å². The highest BCUT2D eigenvalue weighted by Crippen LogP contribution is 2.59. The number of thiophene rings is 1. The lowest BCUT2D eigenvalue weighted by Gasteiger charge is -2.48. The minimum absolute atomic E-state index is 0. The SMILES string of the molecule is COc1cc([C@@H]2c3cc4c(cc3[C@@H](O[C@@H]3O[C@@H]5COC(c6cccs6)O[C@H]5[C@H](O)[C@H]3O)[C@H]3COC(=O)[C@H]23)OCO4)cc(OC)c1O.COc1cccc2c1C(=O)c1c(O)c3c(c(O)c1C2=O)C[C@@](O)(C(C)=O)C[C@@H]3O[C@H]1C[C@H](N)[C@H](O)[C@H](C)O1.Cl.Cl.O=C1c2c(O)ccc(O)c2C(=O)c2c(NCCNCCO)ccc(NCCNCCO)c21. The van der Waals surface area contributed by atoms with Crippen LogP contribution in [0.4, 0.5) is 11.4 Å². The van der Waals surface area contributed by atoms with Crippen molar-refractivity contribution in [2.45, 2.75) is 118 Å². The summed E-state index contributed by atoms with van der Waals surface area (Å²) in [6.45, 7) is 5.77. The van der Waals surface area contributed by atoms with Crippen molar-refractivity contribution in [3.05, 3.63) is 161 Å². The van der Waals surface area contributed by atoms with Crippen LogP contribution in [0.2, 0.25) is 0 Å². The summed E-state index contributed by atoms with van der Waals surface area (Å²) >= 11 is 1.46. The number of hydrogen-bond acceptors (Lipinski definition) is 35. The van der Waals surface area contributed by atoms with Crippen LogP contribution in [0.5, 0.6) is 57.5 Å². The number of hydrogen-bond donors (Lipinski definition) is 16. The Hall–Kier alpha value is -9.58. The maximum atomic E-state index is 13.6. The van der Waals surface area contributed by atoms with E-state index < -0.39 is 161 Å². The fourth-order valence-electron chi connectivity index (χ4n) is 16.5. The molecule has 0 saturated carbocycles. The number of nitrogens with two attached hydrogens (primary N) is 1. The number of carbonyl (C=O) groups excluding carboxylic acids is 6. The van der Waals surface area contributed by atoms with E-state index in [1.165, 1.54) is 69.9 Å². The van der Waals surface area contributed by atoms with Gasteiger partial charge in [0, 0.05) is 104 Å². The van der Waals surface area contributed by atoms with Gasteiger partial charge in [-0.05, 0) is 96.6 Å². The number of methoxy groups -OCH3 is 3. The van der Waals surface area contributed by atoms with Crippen molar-refractivity contribution in [3.63, 3.8) is 0 Å². The summed E-state index contributed by atoms with van der Waals surface area (Å²) in [6, 6.07) is 20.2. The number of benzene rings is 6. The van der Waals surface area contributed by atoms with Crippen molar-refractivity contribution in [2.75, 3.05) is 104 Å². The fraction of sp³-hybridized carbons (Fsp3) is 0.432. The number of nitrogens with one attached hydrogen (secondary N) is 4. The second-order valence-electron chi connectivity index (χ2n) is 29.1. The van der Waals surface area contributed by atoms with E-state index in [0.717, 1.165) is 4.88 Å². The number of esters is 1. The number of halogens is 2. The molecule has 9 aliphatic rings. The Labute approximate surface area is 690 Å². The smallest absolute Gasteiger partial charge is 0.310 e. The van der Waals surface area contributed by atoms with Gasteiger partial charge in [0.15, 0.2) is 53.4 Å². The maximum absolute atomic E-state index is 13.6. The molecule has 4 fully saturated rings. The summed E-state index contributed by atoms with van der Waals surface area (Å²) in [7, 11) is 4.20. The number of phenolic OH excluding ortho intramolecular Hbond substituents is 5. The van der Waals surface area contributed by atoms with Crippen molar-refractivity contribution in [2.24, 2.45) is 17.6 Å². The molecule has 16 rings (SSSR count). The predicted octanol–water partition coefficient (Wildman–Crippen LogP) is 4.49. The van der Waals surface area contributed by atoms with Crippen molar-refractivity contribution in [3.8, 4) is 57.5 Å². The van der Waals surface area contributed by atoms with Gasteiger partial charge < -0.3 is 140 Å². The summed E-state index contributed by atoms with van der Waals surface area (Å²) in [6.07, 6.45) is -11.7. The Balaban J connectivity index is 0.000000164. The molecule has 7 aromatic rings. The van der Waals surface area contributed by atoms with Crippen LogP contribution in [-0.2, 0) is 49.2 Å². The molecule has 0 radical (unpaired) electrons. The number of ketones is 5. The van der Waals surface area contributed by atoms with Gasteiger partial charge in [-0.15, -0.1) is 36.2 Å². The molecular weight excluding hydrogens is 1610 g/mol. The molecule has 17 N–H and O–H groups in total. The van der Waals surface area contributed by atoms with E-state index in [1.54, 1.807) is 37.3 Å². The Morgan fingerprint density at radius 3 is 1.81 bits per heavy atom. The zero-order chi connectivity index (χ0) is 82.5. The Kier molecular flexibility index (Phi) is 27.2. The highest BCUT2D eigenvalue weighted by atomic mass is 35.5. The molecule has 4 saturated heterocycles. The van der Waals surface area contributed by atoms with E-state index in [1.807, 2.05) is 23.6 Å².